The summed E-state index contributed by atoms with van der Waals surface area (Å²) in [6, 6.07) is 8.23. The number of carbonyl (C=O) groups is 1. The van der Waals surface area contributed by atoms with Gasteiger partial charge in [0.25, 0.3) is 0 Å². The number of nitrogens with zero attached hydrogens (tertiary/aromatic N) is 3. The van der Waals surface area contributed by atoms with Gasteiger partial charge in [-0.3, -0.25) is 9.79 Å². The highest BCUT2D eigenvalue weighted by Gasteiger charge is 2.24. The number of aliphatic imine (C=N–C) groups is 1. The standard InChI is InChI=1S/C20H30N4OS/c1-3-17-15-23(13-14-26-17)20(21-2)22-11-6-9-19(25)24-12-10-16-7-4-5-8-18(16)24/h4-5,7-8,17H,3,6,9-15H2,1-2H3,(H,21,22). The molecule has 1 amide bonds. The van der Waals surface area contributed by atoms with Crippen LogP contribution < -0.4 is 10.2 Å². The number of fused-ring (bicyclic) bond motifs is 1. The van der Waals surface area contributed by atoms with Crippen molar-refractivity contribution in [2.45, 2.75) is 37.9 Å². The molecular formula is C20H30N4OS. The molecule has 1 atom stereocenters. The van der Waals surface area contributed by atoms with Gasteiger partial charge in [-0.15, -0.1) is 0 Å². The average Bonchev–Trinajstić information content (AvgIpc) is 3.12. The Kier molecular flexibility index (Phi) is 6.83. The lowest BCUT2D eigenvalue weighted by atomic mass is 10.2. The normalized spacial score (nSPS) is 20.2. The van der Waals surface area contributed by atoms with Crippen LogP contribution in [0.25, 0.3) is 0 Å². The summed E-state index contributed by atoms with van der Waals surface area (Å²) in [5.74, 6) is 2.36. The van der Waals surface area contributed by atoms with Crippen molar-refractivity contribution in [1.82, 2.24) is 10.2 Å². The van der Waals surface area contributed by atoms with E-state index in [2.05, 4.69) is 46.0 Å². The van der Waals surface area contributed by atoms with Crippen LogP contribution in [0.4, 0.5) is 5.69 Å². The fourth-order valence-corrected chi connectivity index (χ4v) is 4.84. The van der Waals surface area contributed by atoms with Crippen molar-refractivity contribution < 1.29 is 4.79 Å². The molecule has 1 unspecified atom stereocenters. The highest BCUT2D eigenvalue weighted by Crippen LogP contribution is 2.28. The molecule has 1 N–H and O–H groups in total. The number of anilines is 1. The number of carbonyl (C=O) groups excluding carboxylic acids is 1. The van der Waals surface area contributed by atoms with Gasteiger partial charge in [-0.25, -0.2) is 0 Å². The third-order valence-corrected chi connectivity index (χ3v) is 6.52. The Labute approximate surface area is 161 Å². The van der Waals surface area contributed by atoms with E-state index in [0.29, 0.717) is 11.7 Å². The van der Waals surface area contributed by atoms with Crippen molar-refractivity contribution in [2.75, 3.05) is 43.9 Å². The Morgan fingerprint density at radius 3 is 3.00 bits per heavy atom. The zero-order valence-electron chi connectivity index (χ0n) is 15.9. The molecule has 0 bridgehead atoms. The molecule has 5 nitrogen and oxygen atoms in total. The molecule has 0 aromatic heterocycles. The Bertz CT molecular complexity index is 648. The molecule has 0 radical (unpaired) electrons. The number of para-hydroxylation sites is 1. The predicted molar refractivity (Wildman–Crippen MR) is 111 cm³/mol. The highest BCUT2D eigenvalue weighted by molar-refractivity contribution is 8.00. The average molecular weight is 375 g/mol. The number of nitrogens with one attached hydrogen (secondary N) is 1. The van der Waals surface area contributed by atoms with Crippen LogP contribution in [0.15, 0.2) is 29.3 Å². The molecule has 0 spiro atoms. The molecule has 26 heavy (non-hydrogen) atoms. The van der Waals surface area contributed by atoms with E-state index in [-0.39, 0.29) is 5.91 Å². The molecule has 3 rings (SSSR count). The quantitative estimate of drug-likeness (QED) is 0.489. The first kappa shape index (κ1) is 19.1. The summed E-state index contributed by atoms with van der Waals surface area (Å²) in [6.07, 6.45) is 3.57. The van der Waals surface area contributed by atoms with Gasteiger partial charge in [0, 0.05) is 56.3 Å². The van der Waals surface area contributed by atoms with Crippen LogP contribution in [0, 0.1) is 0 Å². The fraction of sp³-hybridized carbons (Fsp3) is 0.600. The lowest BCUT2D eigenvalue weighted by Gasteiger charge is -2.34. The van der Waals surface area contributed by atoms with Gasteiger partial charge in [-0.05, 0) is 30.9 Å². The van der Waals surface area contributed by atoms with E-state index in [1.54, 1.807) is 0 Å². The summed E-state index contributed by atoms with van der Waals surface area (Å²) in [7, 11) is 1.84. The van der Waals surface area contributed by atoms with Gasteiger partial charge in [0.2, 0.25) is 5.91 Å². The van der Waals surface area contributed by atoms with E-state index in [9.17, 15) is 4.79 Å². The Morgan fingerprint density at radius 1 is 1.35 bits per heavy atom. The lowest BCUT2D eigenvalue weighted by Crippen LogP contribution is -2.48. The van der Waals surface area contributed by atoms with E-state index in [0.717, 1.165) is 56.4 Å². The first-order chi connectivity index (χ1) is 12.7. The van der Waals surface area contributed by atoms with E-state index in [4.69, 9.17) is 0 Å². The van der Waals surface area contributed by atoms with Gasteiger partial charge in [0.15, 0.2) is 5.96 Å². The van der Waals surface area contributed by atoms with Crippen molar-refractivity contribution >= 4 is 29.3 Å². The second-order valence-electron chi connectivity index (χ2n) is 6.85. The molecule has 2 aliphatic heterocycles. The van der Waals surface area contributed by atoms with E-state index >= 15 is 0 Å². The maximum atomic E-state index is 12.6. The van der Waals surface area contributed by atoms with Crippen molar-refractivity contribution in [3.63, 3.8) is 0 Å². The molecule has 0 saturated carbocycles. The summed E-state index contributed by atoms with van der Waals surface area (Å²) < 4.78 is 0. The summed E-state index contributed by atoms with van der Waals surface area (Å²) in [5, 5.41) is 4.14. The number of hydrogen-bond donors (Lipinski definition) is 1. The molecule has 1 saturated heterocycles. The van der Waals surface area contributed by atoms with E-state index in [1.165, 1.54) is 12.0 Å². The molecule has 1 aromatic rings. The van der Waals surface area contributed by atoms with Crippen LogP contribution in [0.1, 0.15) is 31.7 Å². The van der Waals surface area contributed by atoms with Crippen LogP contribution in [-0.4, -0.2) is 61.0 Å². The van der Waals surface area contributed by atoms with Crippen molar-refractivity contribution in [1.29, 1.82) is 0 Å². The van der Waals surface area contributed by atoms with Gasteiger partial charge >= 0.3 is 0 Å². The maximum Gasteiger partial charge on any atom is 0.227 e. The molecule has 2 heterocycles. The lowest BCUT2D eigenvalue weighted by molar-refractivity contribution is -0.118. The molecular weight excluding hydrogens is 344 g/mol. The van der Waals surface area contributed by atoms with Gasteiger partial charge in [-0.1, -0.05) is 25.1 Å². The van der Waals surface area contributed by atoms with Gasteiger partial charge < -0.3 is 15.1 Å². The second kappa shape index (κ2) is 9.31. The number of benzene rings is 1. The van der Waals surface area contributed by atoms with E-state index in [1.807, 2.05) is 24.1 Å². The number of guanidine groups is 1. The predicted octanol–water partition coefficient (Wildman–Crippen LogP) is 2.76. The topological polar surface area (TPSA) is 47.9 Å². The van der Waals surface area contributed by atoms with Crippen LogP contribution in [0.3, 0.4) is 0 Å². The Balaban J connectivity index is 1.43. The summed E-state index contributed by atoms with van der Waals surface area (Å²) >= 11 is 2.06. The molecule has 1 aromatic carbocycles. The number of thioether (sulfide) groups is 1. The molecule has 0 aliphatic carbocycles. The van der Waals surface area contributed by atoms with Gasteiger partial charge in [0.05, 0.1) is 0 Å². The summed E-state index contributed by atoms with van der Waals surface area (Å²) in [4.78, 5) is 21.3. The minimum atomic E-state index is 0.229. The van der Waals surface area contributed by atoms with Gasteiger partial charge in [0.1, 0.15) is 0 Å². The first-order valence-electron chi connectivity index (χ1n) is 9.68. The summed E-state index contributed by atoms with van der Waals surface area (Å²) in [5.41, 5.74) is 2.38. The number of hydrogen-bond acceptors (Lipinski definition) is 3. The Hall–Kier alpha value is -1.69. The largest absolute Gasteiger partial charge is 0.356 e. The third kappa shape index (κ3) is 4.53. The zero-order valence-corrected chi connectivity index (χ0v) is 16.7. The minimum absolute atomic E-state index is 0.229. The summed E-state index contributed by atoms with van der Waals surface area (Å²) in [6.45, 7) is 5.96. The van der Waals surface area contributed by atoms with Crippen LogP contribution in [0.2, 0.25) is 0 Å². The highest BCUT2D eigenvalue weighted by atomic mass is 32.2. The fourth-order valence-electron chi connectivity index (χ4n) is 3.66. The van der Waals surface area contributed by atoms with E-state index < -0.39 is 0 Å². The molecule has 1 fully saturated rings. The maximum absolute atomic E-state index is 12.6. The first-order valence-corrected chi connectivity index (χ1v) is 10.7. The van der Waals surface area contributed by atoms with Crippen molar-refractivity contribution in [3.8, 4) is 0 Å². The van der Waals surface area contributed by atoms with Crippen molar-refractivity contribution in [3.05, 3.63) is 29.8 Å². The zero-order chi connectivity index (χ0) is 18.4. The van der Waals surface area contributed by atoms with Gasteiger partial charge in [-0.2, -0.15) is 11.8 Å². The van der Waals surface area contributed by atoms with Crippen LogP contribution in [-0.2, 0) is 11.2 Å². The molecule has 2 aliphatic rings. The van der Waals surface area contributed by atoms with Crippen LogP contribution in [0.5, 0.6) is 0 Å². The monoisotopic (exact) mass is 374 g/mol. The minimum Gasteiger partial charge on any atom is -0.356 e. The number of rotatable bonds is 5. The molecule has 142 valence electrons. The number of amides is 1. The van der Waals surface area contributed by atoms with Crippen LogP contribution >= 0.6 is 11.8 Å². The second-order valence-corrected chi connectivity index (χ2v) is 8.26. The smallest absolute Gasteiger partial charge is 0.227 e. The molecule has 6 heteroatoms. The SMILES string of the molecule is CCC1CN(C(=NC)NCCCC(=O)N2CCc3ccccc32)CCS1. The third-order valence-electron chi connectivity index (χ3n) is 5.14. The van der Waals surface area contributed by atoms with Crippen molar-refractivity contribution in [2.24, 2.45) is 4.99 Å². The Morgan fingerprint density at radius 2 is 2.19 bits per heavy atom.